The van der Waals surface area contributed by atoms with Gasteiger partial charge in [-0.2, -0.15) is 0 Å². The zero-order valence-electron chi connectivity index (χ0n) is 11.6. The molecule has 0 saturated carbocycles. The van der Waals surface area contributed by atoms with Crippen LogP contribution in [0.15, 0.2) is 57.5 Å². The van der Waals surface area contributed by atoms with Crippen LogP contribution in [0.1, 0.15) is 18.5 Å². The number of hydrogen-bond acceptors (Lipinski definition) is 2. The molecule has 0 heterocycles. The Morgan fingerprint density at radius 3 is 2.43 bits per heavy atom. The van der Waals surface area contributed by atoms with Crippen molar-refractivity contribution < 1.29 is 4.79 Å². The van der Waals surface area contributed by atoms with Crippen molar-refractivity contribution in [3.63, 3.8) is 0 Å². The molecule has 2 aromatic carbocycles. The van der Waals surface area contributed by atoms with Gasteiger partial charge in [0.2, 0.25) is 5.91 Å². The molecule has 2 aromatic rings. The van der Waals surface area contributed by atoms with Gasteiger partial charge in [-0.05, 0) is 42.8 Å². The van der Waals surface area contributed by atoms with Crippen molar-refractivity contribution in [1.82, 2.24) is 5.32 Å². The zero-order chi connectivity index (χ0) is 15.2. The van der Waals surface area contributed by atoms with Gasteiger partial charge >= 0.3 is 0 Å². The number of rotatable bonds is 5. The molecular formula is C16H16Br2N2O. The fourth-order valence-electron chi connectivity index (χ4n) is 1.95. The second-order valence-corrected chi connectivity index (χ2v) is 6.44. The van der Waals surface area contributed by atoms with Crippen LogP contribution in [0.4, 0.5) is 5.69 Å². The van der Waals surface area contributed by atoms with Crippen LogP contribution in [0.2, 0.25) is 0 Å². The van der Waals surface area contributed by atoms with Crippen LogP contribution in [-0.2, 0) is 4.79 Å². The Morgan fingerprint density at radius 1 is 1.10 bits per heavy atom. The molecule has 0 aliphatic heterocycles. The third-order valence-corrected chi connectivity index (χ3v) is 4.30. The fraction of sp³-hybridized carbons (Fsp3) is 0.188. The third-order valence-electron chi connectivity index (χ3n) is 3.05. The van der Waals surface area contributed by atoms with Crippen LogP contribution >= 0.6 is 31.9 Å². The molecule has 5 heteroatoms. The van der Waals surface area contributed by atoms with Crippen molar-refractivity contribution in [3.05, 3.63) is 63.0 Å². The van der Waals surface area contributed by atoms with Gasteiger partial charge in [-0.25, -0.2) is 0 Å². The summed E-state index contributed by atoms with van der Waals surface area (Å²) in [5, 5.41) is 6.08. The van der Waals surface area contributed by atoms with Gasteiger partial charge in [0.05, 0.1) is 12.6 Å². The SMILES string of the molecule is C[C@H](NC(=O)CNc1ccc(Br)cc1)c1ccccc1Br. The number of hydrogen-bond donors (Lipinski definition) is 2. The first-order chi connectivity index (χ1) is 10.1. The zero-order valence-corrected chi connectivity index (χ0v) is 14.7. The number of carbonyl (C=O) groups is 1. The van der Waals surface area contributed by atoms with Crippen LogP contribution in [0.3, 0.4) is 0 Å². The first kappa shape index (κ1) is 16.0. The lowest BCUT2D eigenvalue weighted by atomic mass is 10.1. The second kappa shape index (κ2) is 7.61. The van der Waals surface area contributed by atoms with E-state index >= 15 is 0 Å². The highest BCUT2D eigenvalue weighted by molar-refractivity contribution is 9.10. The number of halogens is 2. The molecule has 3 nitrogen and oxygen atoms in total. The van der Waals surface area contributed by atoms with E-state index in [4.69, 9.17) is 0 Å². The van der Waals surface area contributed by atoms with E-state index < -0.39 is 0 Å². The minimum atomic E-state index is -0.0419. The summed E-state index contributed by atoms with van der Waals surface area (Å²) in [6.45, 7) is 2.22. The summed E-state index contributed by atoms with van der Waals surface area (Å²) in [4.78, 5) is 12.0. The average Bonchev–Trinajstić information content (AvgIpc) is 2.47. The second-order valence-electron chi connectivity index (χ2n) is 4.67. The maximum absolute atomic E-state index is 12.0. The Kier molecular flexibility index (Phi) is 5.82. The molecule has 2 rings (SSSR count). The summed E-state index contributed by atoms with van der Waals surface area (Å²) in [5.74, 6) is -0.0406. The van der Waals surface area contributed by atoms with Gasteiger partial charge in [0.25, 0.3) is 0 Å². The first-order valence-electron chi connectivity index (χ1n) is 6.59. The lowest BCUT2D eigenvalue weighted by molar-refractivity contribution is -0.120. The summed E-state index contributed by atoms with van der Waals surface area (Å²) in [5.41, 5.74) is 1.98. The molecule has 0 aliphatic rings. The molecule has 0 bridgehead atoms. The van der Waals surface area contributed by atoms with Crippen LogP contribution in [-0.4, -0.2) is 12.5 Å². The summed E-state index contributed by atoms with van der Waals surface area (Å²) in [7, 11) is 0. The lowest BCUT2D eigenvalue weighted by Gasteiger charge is -2.16. The predicted molar refractivity (Wildman–Crippen MR) is 93.3 cm³/mol. The Bertz CT molecular complexity index is 614. The van der Waals surface area contributed by atoms with Gasteiger partial charge in [0, 0.05) is 14.6 Å². The Labute approximate surface area is 141 Å². The minimum Gasteiger partial charge on any atom is -0.376 e. The van der Waals surface area contributed by atoms with Crippen LogP contribution in [0, 0.1) is 0 Å². The lowest BCUT2D eigenvalue weighted by Crippen LogP contribution is -2.32. The average molecular weight is 412 g/mol. The molecular weight excluding hydrogens is 396 g/mol. The van der Waals surface area contributed by atoms with Crippen LogP contribution < -0.4 is 10.6 Å². The summed E-state index contributed by atoms with van der Waals surface area (Å²) >= 11 is 6.88. The van der Waals surface area contributed by atoms with E-state index in [-0.39, 0.29) is 18.5 Å². The van der Waals surface area contributed by atoms with Gasteiger partial charge in [0.1, 0.15) is 0 Å². The summed E-state index contributed by atoms with van der Waals surface area (Å²) < 4.78 is 2.01. The van der Waals surface area contributed by atoms with E-state index in [1.165, 1.54) is 0 Å². The maximum Gasteiger partial charge on any atom is 0.239 e. The van der Waals surface area contributed by atoms with E-state index in [1.54, 1.807) is 0 Å². The van der Waals surface area contributed by atoms with Crippen molar-refractivity contribution in [3.8, 4) is 0 Å². The molecule has 0 aliphatic carbocycles. The van der Waals surface area contributed by atoms with Gasteiger partial charge in [0.15, 0.2) is 0 Å². The van der Waals surface area contributed by atoms with Gasteiger partial charge in [-0.15, -0.1) is 0 Å². The predicted octanol–water partition coefficient (Wildman–Crippen LogP) is 4.50. The van der Waals surface area contributed by atoms with Crippen molar-refractivity contribution in [1.29, 1.82) is 0 Å². The standard InChI is InChI=1S/C16H16Br2N2O/c1-11(14-4-2-3-5-15(14)18)20-16(21)10-19-13-8-6-12(17)7-9-13/h2-9,11,19H,10H2,1H3,(H,20,21)/t11-/m0/s1. The first-order valence-corrected chi connectivity index (χ1v) is 8.18. The monoisotopic (exact) mass is 410 g/mol. The highest BCUT2D eigenvalue weighted by Gasteiger charge is 2.11. The van der Waals surface area contributed by atoms with Crippen molar-refractivity contribution in [2.24, 2.45) is 0 Å². The molecule has 0 fully saturated rings. The van der Waals surface area contributed by atoms with E-state index in [0.717, 1.165) is 20.2 Å². The van der Waals surface area contributed by atoms with Gasteiger partial charge in [-0.1, -0.05) is 50.1 Å². The molecule has 1 amide bonds. The number of benzene rings is 2. The number of carbonyl (C=O) groups excluding carboxylic acids is 1. The van der Waals surface area contributed by atoms with Crippen molar-refractivity contribution in [2.75, 3.05) is 11.9 Å². The van der Waals surface area contributed by atoms with E-state index in [0.29, 0.717) is 0 Å². The van der Waals surface area contributed by atoms with E-state index in [2.05, 4.69) is 42.5 Å². The molecule has 2 N–H and O–H groups in total. The third kappa shape index (κ3) is 4.86. The molecule has 1 atom stereocenters. The highest BCUT2D eigenvalue weighted by Crippen LogP contribution is 2.22. The van der Waals surface area contributed by atoms with Crippen LogP contribution in [0.25, 0.3) is 0 Å². The topological polar surface area (TPSA) is 41.1 Å². The van der Waals surface area contributed by atoms with E-state index in [9.17, 15) is 4.79 Å². The normalized spacial score (nSPS) is 11.8. The fourth-order valence-corrected chi connectivity index (χ4v) is 2.84. The van der Waals surface area contributed by atoms with Crippen molar-refractivity contribution >= 4 is 43.5 Å². The number of nitrogens with one attached hydrogen (secondary N) is 2. The summed E-state index contributed by atoms with van der Waals surface area (Å²) in [6, 6.07) is 15.6. The quantitative estimate of drug-likeness (QED) is 0.760. The molecule has 0 radical (unpaired) electrons. The van der Waals surface area contributed by atoms with Gasteiger partial charge < -0.3 is 10.6 Å². The van der Waals surface area contributed by atoms with Crippen molar-refractivity contribution in [2.45, 2.75) is 13.0 Å². The highest BCUT2D eigenvalue weighted by atomic mass is 79.9. The molecule has 0 saturated heterocycles. The molecule has 110 valence electrons. The Balaban J connectivity index is 1.87. The molecule has 0 spiro atoms. The molecule has 21 heavy (non-hydrogen) atoms. The minimum absolute atomic E-state index is 0.0406. The molecule has 0 aromatic heterocycles. The number of amides is 1. The Morgan fingerprint density at radius 2 is 1.76 bits per heavy atom. The maximum atomic E-state index is 12.0. The van der Waals surface area contributed by atoms with E-state index in [1.807, 2.05) is 55.5 Å². The number of anilines is 1. The van der Waals surface area contributed by atoms with Gasteiger partial charge in [-0.3, -0.25) is 4.79 Å². The largest absolute Gasteiger partial charge is 0.376 e. The summed E-state index contributed by atoms with van der Waals surface area (Å²) in [6.07, 6.45) is 0. The smallest absolute Gasteiger partial charge is 0.239 e. The molecule has 0 unspecified atom stereocenters. The Hall–Kier alpha value is -1.33. The van der Waals surface area contributed by atoms with Crippen LogP contribution in [0.5, 0.6) is 0 Å².